The number of carbonyl (C=O) groups excluding carboxylic acids is 1. The number of hydrogen-bond donors (Lipinski definition) is 1. The highest BCUT2D eigenvalue weighted by Gasteiger charge is 2.20. The van der Waals surface area contributed by atoms with Crippen LogP contribution in [-0.2, 0) is 0 Å². The first kappa shape index (κ1) is 15.7. The summed E-state index contributed by atoms with van der Waals surface area (Å²) in [5, 5.41) is 10.2. The predicted octanol–water partition coefficient (Wildman–Crippen LogP) is 4.72. The lowest BCUT2D eigenvalue weighted by molar-refractivity contribution is 0.112. The SMILES string of the molecule is CC(C)C(C)c1cc(C=O)c(O)c(C(C)C(C)C)c1. The van der Waals surface area contributed by atoms with E-state index in [9.17, 15) is 9.90 Å². The molecule has 0 aliphatic rings. The molecule has 2 nitrogen and oxygen atoms in total. The molecule has 0 saturated carbocycles. The number of carbonyl (C=O) groups is 1. The van der Waals surface area contributed by atoms with Gasteiger partial charge in [-0.1, -0.05) is 47.6 Å². The van der Waals surface area contributed by atoms with Crippen LogP contribution in [0.25, 0.3) is 0 Å². The Morgan fingerprint density at radius 1 is 0.947 bits per heavy atom. The summed E-state index contributed by atoms with van der Waals surface area (Å²) < 4.78 is 0. The van der Waals surface area contributed by atoms with Crippen molar-refractivity contribution >= 4 is 6.29 Å². The number of phenols is 1. The third-order valence-electron chi connectivity index (χ3n) is 4.33. The van der Waals surface area contributed by atoms with Gasteiger partial charge in [0.1, 0.15) is 5.75 Å². The van der Waals surface area contributed by atoms with E-state index in [4.69, 9.17) is 0 Å². The van der Waals surface area contributed by atoms with E-state index < -0.39 is 0 Å². The van der Waals surface area contributed by atoms with Crippen molar-refractivity contribution in [3.63, 3.8) is 0 Å². The van der Waals surface area contributed by atoms with Crippen molar-refractivity contribution in [2.45, 2.75) is 53.4 Å². The molecular weight excluding hydrogens is 236 g/mol. The average Bonchev–Trinajstić information content (AvgIpc) is 2.37. The molecular formula is C17H26O2. The molecule has 0 fully saturated rings. The highest BCUT2D eigenvalue weighted by Crippen LogP contribution is 2.37. The lowest BCUT2D eigenvalue weighted by atomic mass is 9.83. The van der Waals surface area contributed by atoms with Crippen molar-refractivity contribution in [3.05, 3.63) is 28.8 Å². The second-order valence-corrected chi connectivity index (χ2v) is 6.23. The largest absolute Gasteiger partial charge is 0.507 e. The zero-order valence-corrected chi connectivity index (χ0v) is 12.9. The van der Waals surface area contributed by atoms with Gasteiger partial charge in [0.15, 0.2) is 6.29 Å². The van der Waals surface area contributed by atoms with Crippen LogP contribution in [0.4, 0.5) is 0 Å². The van der Waals surface area contributed by atoms with E-state index in [-0.39, 0.29) is 11.7 Å². The van der Waals surface area contributed by atoms with Crippen molar-refractivity contribution in [1.29, 1.82) is 0 Å². The first-order valence-corrected chi connectivity index (χ1v) is 7.11. The monoisotopic (exact) mass is 262 g/mol. The van der Waals surface area contributed by atoms with Crippen molar-refractivity contribution < 1.29 is 9.90 Å². The Hall–Kier alpha value is -1.31. The summed E-state index contributed by atoms with van der Waals surface area (Å²) in [4.78, 5) is 11.2. The molecule has 0 amide bonds. The highest BCUT2D eigenvalue weighted by atomic mass is 16.3. The molecule has 2 unspecified atom stereocenters. The fourth-order valence-electron chi connectivity index (χ4n) is 2.15. The quantitative estimate of drug-likeness (QED) is 0.779. The normalized spacial score (nSPS) is 14.7. The molecule has 1 aromatic carbocycles. The van der Waals surface area contributed by atoms with Crippen LogP contribution in [-0.4, -0.2) is 11.4 Å². The van der Waals surface area contributed by atoms with Crippen LogP contribution in [0.15, 0.2) is 12.1 Å². The average molecular weight is 262 g/mol. The molecule has 0 radical (unpaired) electrons. The molecule has 0 aliphatic carbocycles. The van der Waals surface area contributed by atoms with E-state index >= 15 is 0 Å². The number of rotatable bonds is 5. The van der Waals surface area contributed by atoms with Gasteiger partial charge in [-0.15, -0.1) is 0 Å². The Kier molecular flexibility index (Phi) is 5.16. The van der Waals surface area contributed by atoms with Crippen LogP contribution < -0.4 is 0 Å². The van der Waals surface area contributed by atoms with Gasteiger partial charge in [-0.05, 0) is 40.9 Å². The Morgan fingerprint density at radius 2 is 1.47 bits per heavy atom. The van der Waals surface area contributed by atoms with Gasteiger partial charge >= 0.3 is 0 Å². The Morgan fingerprint density at radius 3 is 1.89 bits per heavy atom. The molecule has 1 rings (SSSR count). The molecule has 1 N–H and O–H groups in total. The van der Waals surface area contributed by atoms with Crippen molar-refractivity contribution in [3.8, 4) is 5.75 Å². The van der Waals surface area contributed by atoms with E-state index in [0.717, 1.165) is 17.4 Å². The van der Waals surface area contributed by atoms with Gasteiger partial charge in [-0.25, -0.2) is 0 Å². The zero-order valence-electron chi connectivity index (χ0n) is 12.9. The minimum atomic E-state index is 0.149. The zero-order chi connectivity index (χ0) is 14.7. The molecule has 2 heteroatoms. The summed E-state index contributed by atoms with van der Waals surface area (Å²) in [5.41, 5.74) is 2.44. The molecule has 0 aliphatic heterocycles. The Labute approximate surface area is 116 Å². The van der Waals surface area contributed by atoms with Crippen LogP contribution in [0.5, 0.6) is 5.75 Å². The second kappa shape index (κ2) is 6.23. The molecule has 0 spiro atoms. The van der Waals surface area contributed by atoms with Gasteiger partial charge in [0, 0.05) is 0 Å². The standard InChI is InChI=1S/C17H26O2/c1-10(2)12(5)14-7-15(9-18)17(19)16(8-14)13(6)11(3)4/h7-13,19H,1-6H3. The van der Waals surface area contributed by atoms with Gasteiger partial charge in [0.05, 0.1) is 5.56 Å². The van der Waals surface area contributed by atoms with Crippen molar-refractivity contribution in [2.75, 3.05) is 0 Å². The first-order chi connectivity index (χ1) is 8.79. The molecule has 106 valence electrons. The second-order valence-electron chi connectivity index (χ2n) is 6.23. The van der Waals surface area contributed by atoms with Crippen molar-refractivity contribution in [2.24, 2.45) is 11.8 Å². The lowest BCUT2D eigenvalue weighted by Crippen LogP contribution is -2.08. The Balaban J connectivity index is 3.38. The first-order valence-electron chi connectivity index (χ1n) is 7.11. The van der Waals surface area contributed by atoms with Gasteiger partial charge in [0.2, 0.25) is 0 Å². The molecule has 19 heavy (non-hydrogen) atoms. The van der Waals surface area contributed by atoms with Crippen LogP contribution in [0.3, 0.4) is 0 Å². The smallest absolute Gasteiger partial charge is 0.153 e. The number of aldehydes is 1. The fourth-order valence-corrected chi connectivity index (χ4v) is 2.15. The number of aromatic hydroxyl groups is 1. The fraction of sp³-hybridized carbons (Fsp3) is 0.588. The van der Waals surface area contributed by atoms with Crippen LogP contribution in [0.1, 0.15) is 74.9 Å². The minimum absolute atomic E-state index is 0.149. The third kappa shape index (κ3) is 3.37. The summed E-state index contributed by atoms with van der Waals surface area (Å²) in [6.45, 7) is 12.9. The molecule has 2 atom stereocenters. The van der Waals surface area contributed by atoms with Gasteiger partial charge in [0.25, 0.3) is 0 Å². The predicted molar refractivity (Wildman–Crippen MR) is 80.0 cm³/mol. The van der Waals surface area contributed by atoms with E-state index in [1.165, 1.54) is 0 Å². The maximum atomic E-state index is 11.2. The van der Waals surface area contributed by atoms with E-state index in [1.807, 2.05) is 6.07 Å². The maximum Gasteiger partial charge on any atom is 0.153 e. The topological polar surface area (TPSA) is 37.3 Å². The summed E-state index contributed by atoms with van der Waals surface area (Å²) in [5.74, 6) is 1.69. The molecule has 0 bridgehead atoms. The maximum absolute atomic E-state index is 11.2. The van der Waals surface area contributed by atoms with E-state index in [2.05, 4.69) is 47.6 Å². The lowest BCUT2D eigenvalue weighted by Gasteiger charge is -2.23. The number of benzene rings is 1. The minimum Gasteiger partial charge on any atom is -0.507 e. The molecule has 0 saturated heterocycles. The number of phenolic OH excluding ortho intramolecular Hbond substituents is 1. The van der Waals surface area contributed by atoms with E-state index in [0.29, 0.717) is 23.3 Å². The molecule has 0 aromatic heterocycles. The van der Waals surface area contributed by atoms with E-state index in [1.54, 1.807) is 0 Å². The Bertz CT molecular complexity index is 447. The summed E-state index contributed by atoms with van der Waals surface area (Å²) >= 11 is 0. The van der Waals surface area contributed by atoms with Crippen LogP contribution in [0.2, 0.25) is 0 Å². The summed E-state index contributed by atoms with van der Waals surface area (Å²) in [6, 6.07) is 3.89. The van der Waals surface area contributed by atoms with Gasteiger partial charge in [-0.2, -0.15) is 0 Å². The molecule has 1 aromatic rings. The van der Waals surface area contributed by atoms with Crippen LogP contribution in [0, 0.1) is 11.8 Å². The third-order valence-corrected chi connectivity index (χ3v) is 4.33. The summed E-state index contributed by atoms with van der Waals surface area (Å²) in [6.07, 6.45) is 0.752. The summed E-state index contributed by atoms with van der Waals surface area (Å²) in [7, 11) is 0. The highest BCUT2D eigenvalue weighted by molar-refractivity contribution is 5.80. The number of hydrogen-bond acceptors (Lipinski definition) is 2. The van der Waals surface area contributed by atoms with Gasteiger partial charge in [-0.3, -0.25) is 4.79 Å². The van der Waals surface area contributed by atoms with Crippen LogP contribution >= 0.6 is 0 Å². The van der Waals surface area contributed by atoms with Gasteiger partial charge < -0.3 is 5.11 Å². The van der Waals surface area contributed by atoms with Crippen molar-refractivity contribution in [1.82, 2.24) is 0 Å². The molecule has 0 heterocycles.